The van der Waals surface area contributed by atoms with Crippen molar-refractivity contribution in [2.24, 2.45) is 0 Å². The maximum Gasteiger partial charge on any atom is 0.322 e. The fourth-order valence-electron chi connectivity index (χ4n) is 6.63. The van der Waals surface area contributed by atoms with Crippen LogP contribution in [0.1, 0.15) is 87.2 Å². The molecule has 2 unspecified atom stereocenters. The van der Waals surface area contributed by atoms with E-state index < -0.39 is 24.0 Å². The predicted molar refractivity (Wildman–Crippen MR) is 129 cm³/mol. The minimum absolute atomic E-state index is 0.00808. The van der Waals surface area contributed by atoms with Gasteiger partial charge in [-0.2, -0.15) is 0 Å². The third kappa shape index (κ3) is 4.48. The topological polar surface area (TPSA) is 105 Å². The number of hydrogen-bond acceptors (Lipinski definition) is 5. The summed E-state index contributed by atoms with van der Waals surface area (Å²) in [5.74, 6) is -1.89. The van der Waals surface area contributed by atoms with E-state index in [-0.39, 0.29) is 11.7 Å². The van der Waals surface area contributed by atoms with E-state index in [1.807, 2.05) is 18.2 Å². The van der Waals surface area contributed by atoms with Gasteiger partial charge in [-0.25, -0.2) is 4.98 Å². The molecule has 0 radical (unpaired) electrons. The standard InChI is InChI=1S/C26H34N4O4/c31-23(32)16-27-25(33)24-26(34)30(22-11-7-6-10-21(22)28-24)20-14-18-12-13-19(15-20)29(18)17-8-4-2-1-3-5-9-17/h6-7,10-11,17-20H,1-5,8-9,12-16H2,(H,27,33)(H,31,32). The van der Waals surface area contributed by atoms with Crippen molar-refractivity contribution < 1.29 is 14.7 Å². The molecular weight excluding hydrogens is 432 g/mol. The average molecular weight is 467 g/mol. The van der Waals surface area contributed by atoms with Crippen LogP contribution in [0.25, 0.3) is 11.0 Å². The molecule has 8 heteroatoms. The van der Waals surface area contributed by atoms with E-state index in [1.165, 1.54) is 57.8 Å². The van der Waals surface area contributed by atoms with Gasteiger partial charge >= 0.3 is 5.97 Å². The first-order valence-corrected chi connectivity index (χ1v) is 12.8. The molecule has 3 aliphatic rings. The Morgan fingerprint density at radius 1 is 0.912 bits per heavy atom. The Labute approximate surface area is 199 Å². The van der Waals surface area contributed by atoms with Crippen LogP contribution in [0.2, 0.25) is 0 Å². The summed E-state index contributed by atoms with van der Waals surface area (Å²) in [7, 11) is 0. The number of fused-ring (bicyclic) bond motifs is 3. The summed E-state index contributed by atoms with van der Waals surface area (Å²) in [4.78, 5) is 44.2. The summed E-state index contributed by atoms with van der Waals surface area (Å²) in [6.45, 7) is -0.545. The molecular formula is C26H34N4O4. The number of hydrogen-bond donors (Lipinski definition) is 2. The highest BCUT2D eigenvalue weighted by Gasteiger charge is 2.44. The molecule has 5 rings (SSSR count). The van der Waals surface area contributed by atoms with Crippen LogP contribution in [0.4, 0.5) is 0 Å². The fourth-order valence-corrected chi connectivity index (χ4v) is 6.63. The van der Waals surface area contributed by atoms with Crippen LogP contribution in [-0.2, 0) is 4.79 Å². The summed E-state index contributed by atoms with van der Waals surface area (Å²) in [6.07, 6.45) is 13.4. The van der Waals surface area contributed by atoms with Gasteiger partial charge in [0.1, 0.15) is 6.54 Å². The Hall–Kier alpha value is -2.74. The summed E-state index contributed by atoms with van der Waals surface area (Å²) < 4.78 is 1.78. The van der Waals surface area contributed by atoms with Crippen LogP contribution in [0.15, 0.2) is 29.1 Å². The highest BCUT2D eigenvalue weighted by molar-refractivity contribution is 5.95. The Morgan fingerprint density at radius 2 is 1.56 bits per heavy atom. The van der Waals surface area contributed by atoms with Crippen molar-refractivity contribution in [3.63, 3.8) is 0 Å². The van der Waals surface area contributed by atoms with E-state index in [0.29, 0.717) is 23.6 Å². The van der Waals surface area contributed by atoms with Gasteiger partial charge in [0.15, 0.2) is 5.69 Å². The third-order valence-corrected chi connectivity index (χ3v) is 8.04. The number of benzene rings is 1. The number of carbonyl (C=O) groups is 2. The first-order chi connectivity index (χ1) is 16.5. The highest BCUT2D eigenvalue weighted by Crippen LogP contribution is 2.44. The van der Waals surface area contributed by atoms with Crippen LogP contribution in [0.5, 0.6) is 0 Å². The van der Waals surface area contributed by atoms with Crippen molar-refractivity contribution >= 4 is 22.9 Å². The Kier molecular flexibility index (Phi) is 6.68. The largest absolute Gasteiger partial charge is 0.480 e. The van der Waals surface area contributed by atoms with Crippen molar-refractivity contribution in [3.05, 3.63) is 40.3 Å². The second-order valence-corrected chi connectivity index (χ2v) is 10.2. The lowest BCUT2D eigenvalue weighted by atomic mass is 9.89. The van der Waals surface area contributed by atoms with Gasteiger partial charge < -0.3 is 15.0 Å². The quantitative estimate of drug-likeness (QED) is 0.699. The van der Waals surface area contributed by atoms with Gasteiger partial charge in [0.2, 0.25) is 0 Å². The number of amides is 1. The highest BCUT2D eigenvalue weighted by atomic mass is 16.4. The van der Waals surface area contributed by atoms with Crippen molar-refractivity contribution in [2.75, 3.05) is 6.54 Å². The molecule has 2 saturated heterocycles. The van der Waals surface area contributed by atoms with E-state index in [2.05, 4.69) is 15.2 Å². The monoisotopic (exact) mass is 466 g/mol. The number of nitrogens with zero attached hydrogens (tertiary/aromatic N) is 3. The van der Waals surface area contributed by atoms with E-state index >= 15 is 0 Å². The van der Waals surface area contributed by atoms with Crippen molar-refractivity contribution in [2.45, 2.75) is 94.8 Å². The minimum atomic E-state index is -1.16. The van der Waals surface area contributed by atoms with Gasteiger partial charge in [-0.15, -0.1) is 0 Å². The van der Waals surface area contributed by atoms with Crippen molar-refractivity contribution in [1.29, 1.82) is 0 Å². The summed E-state index contributed by atoms with van der Waals surface area (Å²) in [5.41, 5.74) is 0.670. The second kappa shape index (κ2) is 9.86. The fraction of sp³-hybridized carbons (Fsp3) is 0.615. The van der Waals surface area contributed by atoms with E-state index in [0.717, 1.165) is 18.4 Å². The average Bonchev–Trinajstić information content (AvgIpc) is 3.05. The number of nitrogens with one attached hydrogen (secondary N) is 1. The first-order valence-electron chi connectivity index (χ1n) is 12.8. The predicted octanol–water partition coefficient (Wildman–Crippen LogP) is 3.49. The maximum absolute atomic E-state index is 13.5. The summed E-state index contributed by atoms with van der Waals surface area (Å²) in [6, 6.07) is 9.03. The molecule has 2 bridgehead atoms. The molecule has 34 heavy (non-hydrogen) atoms. The SMILES string of the molecule is O=C(O)CNC(=O)c1nc2ccccc2n(C2CC3CCC(C2)N3C2CCCCCCC2)c1=O. The van der Waals surface area contributed by atoms with Crippen molar-refractivity contribution in [3.8, 4) is 0 Å². The molecule has 1 aromatic carbocycles. The van der Waals surface area contributed by atoms with Crippen LogP contribution >= 0.6 is 0 Å². The van der Waals surface area contributed by atoms with E-state index in [9.17, 15) is 14.4 Å². The smallest absolute Gasteiger partial charge is 0.322 e. The molecule has 1 aromatic heterocycles. The van der Waals surface area contributed by atoms with Gasteiger partial charge in [0.25, 0.3) is 11.5 Å². The van der Waals surface area contributed by atoms with Gasteiger partial charge in [-0.1, -0.05) is 44.2 Å². The molecule has 8 nitrogen and oxygen atoms in total. The van der Waals surface area contributed by atoms with Gasteiger partial charge in [0.05, 0.1) is 11.0 Å². The van der Waals surface area contributed by atoms with Crippen LogP contribution in [0, 0.1) is 0 Å². The Balaban J connectivity index is 1.45. The molecule has 1 amide bonds. The lowest BCUT2D eigenvalue weighted by Crippen LogP contribution is -2.50. The molecule has 2 atom stereocenters. The summed E-state index contributed by atoms with van der Waals surface area (Å²) >= 11 is 0. The molecule has 2 aromatic rings. The normalized spacial score (nSPS) is 26.2. The Morgan fingerprint density at radius 3 is 2.24 bits per heavy atom. The summed E-state index contributed by atoms with van der Waals surface area (Å²) in [5, 5.41) is 11.2. The van der Waals surface area contributed by atoms with Crippen LogP contribution < -0.4 is 10.9 Å². The molecule has 1 aliphatic carbocycles. The lowest BCUT2D eigenvalue weighted by Gasteiger charge is -2.45. The zero-order valence-corrected chi connectivity index (χ0v) is 19.6. The zero-order valence-electron chi connectivity index (χ0n) is 19.6. The number of piperidine rings is 1. The first kappa shape index (κ1) is 23.0. The number of carboxylic acid groups (broad SMARTS) is 1. The minimum Gasteiger partial charge on any atom is -0.480 e. The second-order valence-electron chi connectivity index (χ2n) is 10.2. The lowest BCUT2D eigenvalue weighted by molar-refractivity contribution is -0.135. The van der Waals surface area contributed by atoms with Crippen molar-refractivity contribution in [1.82, 2.24) is 19.8 Å². The number of aliphatic carboxylic acids is 1. The third-order valence-electron chi connectivity index (χ3n) is 8.04. The zero-order chi connectivity index (χ0) is 23.7. The van der Waals surface area contributed by atoms with E-state index in [1.54, 1.807) is 10.6 Å². The molecule has 3 heterocycles. The van der Waals surface area contributed by atoms with E-state index in [4.69, 9.17) is 5.11 Å². The van der Waals surface area contributed by atoms with Gasteiger partial charge in [0, 0.05) is 24.2 Å². The van der Waals surface area contributed by atoms with Crippen LogP contribution in [0.3, 0.4) is 0 Å². The number of aromatic nitrogens is 2. The maximum atomic E-state index is 13.5. The number of carboxylic acids is 1. The molecule has 3 fully saturated rings. The number of rotatable bonds is 5. The van der Waals surface area contributed by atoms with Gasteiger partial charge in [-0.3, -0.25) is 19.3 Å². The number of para-hydroxylation sites is 2. The Bertz CT molecular complexity index is 1110. The molecule has 1 saturated carbocycles. The molecule has 0 spiro atoms. The molecule has 182 valence electrons. The molecule has 2 aliphatic heterocycles. The van der Waals surface area contributed by atoms with Gasteiger partial charge in [-0.05, 0) is 50.7 Å². The van der Waals surface area contributed by atoms with Crippen LogP contribution in [-0.4, -0.2) is 56.1 Å². The number of carbonyl (C=O) groups excluding carboxylic acids is 1. The molecule has 2 N–H and O–H groups in total.